The number of nitrogens with zero attached hydrogens (tertiary/aromatic N) is 2. The Hall–Kier alpha value is -1.10. The predicted octanol–water partition coefficient (Wildman–Crippen LogP) is 4.12. The maximum atomic E-state index is 11.2. The third kappa shape index (κ3) is 2.51. The first-order valence-corrected chi connectivity index (χ1v) is 7.02. The summed E-state index contributed by atoms with van der Waals surface area (Å²) in [5.74, 6) is 0. The highest BCUT2D eigenvalue weighted by Gasteiger charge is 2.29. The number of nitro benzene ring substituents is 1. The monoisotopic (exact) mass is 312 g/mol. The van der Waals surface area contributed by atoms with Crippen molar-refractivity contribution in [3.05, 3.63) is 32.8 Å². The Kier molecular flexibility index (Phi) is 3.90. The molecule has 0 aliphatic carbocycles. The molecule has 1 fully saturated rings. The van der Waals surface area contributed by atoms with Crippen LogP contribution in [0.3, 0.4) is 0 Å². The number of hydrogen-bond acceptors (Lipinski definition) is 3. The van der Waals surface area contributed by atoms with Crippen LogP contribution in [0.5, 0.6) is 0 Å². The smallest absolute Gasteiger partial charge is 0.293 e. The fourth-order valence-electron chi connectivity index (χ4n) is 2.76. The van der Waals surface area contributed by atoms with Crippen molar-refractivity contribution in [1.82, 2.24) is 0 Å². The van der Waals surface area contributed by atoms with Crippen LogP contribution in [0, 0.1) is 10.1 Å². The molecule has 1 aromatic carbocycles. The molecule has 98 valence electrons. The van der Waals surface area contributed by atoms with Gasteiger partial charge < -0.3 is 4.90 Å². The van der Waals surface area contributed by atoms with Crippen molar-refractivity contribution in [3.8, 4) is 0 Å². The van der Waals surface area contributed by atoms with Crippen molar-refractivity contribution in [2.24, 2.45) is 0 Å². The lowest BCUT2D eigenvalue weighted by Gasteiger charge is -2.40. The maximum absolute atomic E-state index is 11.2. The van der Waals surface area contributed by atoms with Crippen LogP contribution in [0.1, 0.15) is 33.1 Å². The normalized spacial score (nSPS) is 24.1. The first-order chi connectivity index (χ1) is 8.50. The van der Waals surface area contributed by atoms with Gasteiger partial charge in [0.05, 0.1) is 4.92 Å². The summed E-state index contributed by atoms with van der Waals surface area (Å²) in [6.45, 7) is 4.28. The molecule has 1 aliphatic heterocycles. The van der Waals surface area contributed by atoms with Crippen LogP contribution in [0.4, 0.5) is 11.4 Å². The van der Waals surface area contributed by atoms with Gasteiger partial charge in [-0.15, -0.1) is 0 Å². The highest BCUT2D eigenvalue weighted by atomic mass is 79.9. The van der Waals surface area contributed by atoms with Crippen molar-refractivity contribution in [3.63, 3.8) is 0 Å². The molecule has 0 saturated carbocycles. The number of hydrogen-bond donors (Lipinski definition) is 0. The van der Waals surface area contributed by atoms with Crippen LogP contribution in [-0.4, -0.2) is 17.0 Å². The molecule has 0 amide bonds. The molecule has 0 unspecified atom stereocenters. The van der Waals surface area contributed by atoms with E-state index < -0.39 is 0 Å². The van der Waals surface area contributed by atoms with Gasteiger partial charge in [0.15, 0.2) is 0 Å². The molecule has 2 atom stereocenters. The fourth-order valence-corrected chi connectivity index (χ4v) is 3.11. The van der Waals surface area contributed by atoms with Crippen molar-refractivity contribution in [1.29, 1.82) is 0 Å². The third-order valence-electron chi connectivity index (χ3n) is 3.61. The number of rotatable bonds is 2. The first kappa shape index (κ1) is 13.3. The van der Waals surface area contributed by atoms with Gasteiger partial charge >= 0.3 is 0 Å². The summed E-state index contributed by atoms with van der Waals surface area (Å²) in [5.41, 5.74) is 0.924. The van der Waals surface area contributed by atoms with E-state index in [1.54, 1.807) is 6.07 Å². The molecule has 1 saturated heterocycles. The lowest BCUT2D eigenvalue weighted by Crippen LogP contribution is -2.44. The molecule has 0 spiro atoms. The number of nitro groups is 1. The van der Waals surface area contributed by atoms with Crippen LogP contribution in [0.25, 0.3) is 0 Å². The summed E-state index contributed by atoms with van der Waals surface area (Å²) < 4.78 is 0.746. The molecular weight excluding hydrogens is 296 g/mol. The second-order valence-electron chi connectivity index (χ2n) is 4.93. The summed E-state index contributed by atoms with van der Waals surface area (Å²) in [4.78, 5) is 13.1. The number of anilines is 1. The van der Waals surface area contributed by atoms with Gasteiger partial charge in [0.1, 0.15) is 5.69 Å². The third-order valence-corrected chi connectivity index (χ3v) is 4.10. The quantitative estimate of drug-likeness (QED) is 0.609. The molecular formula is C13H17BrN2O2. The van der Waals surface area contributed by atoms with Gasteiger partial charge in [-0.25, -0.2) is 0 Å². The zero-order chi connectivity index (χ0) is 13.3. The van der Waals surface area contributed by atoms with Gasteiger partial charge in [-0.05, 0) is 45.2 Å². The summed E-state index contributed by atoms with van der Waals surface area (Å²) in [6.07, 6.45) is 3.39. The van der Waals surface area contributed by atoms with Gasteiger partial charge in [0.25, 0.3) is 5.69 Å². The fraction of sp³-hybridized carbons (Fsp3) is 0.538. The molecule has 2 rings (SSSR count). The van der Waals surface area contributed by atoms with Gasteiger partial charge in [-0.1, -0.05) is 15.9 Å². The molecule has 18 heavy (non-hydrogen) atoms. The Labute approximate surface area is 115 Å². The van der Waals surface area contributed by atoms with Crippen LogP contribution in [0.2, 0.25) is 0 Å². The topological polar surface area (TPSA) is 46.4 Å². The lowest BCUT2D eigenvalue weighted by atomic mass is 9.96. The van der Waals surface area contributed by atoms with E-state index in [2.05, 4.69) is 34.7 Å². The average molecular weight is 313 g/mol. The largest absolute Gasteiger partial charge is 0.361 e. The minimum Gasteiger partial charge on any atom is -0.361 e. The Morgan fingerprint density at radius 2 is 1.94 bits per heavy atom. The van der Waals surface area contributed by atoms with E-state index in [0.717, 1.165) is 23.0 Å². The molecule has 5 heteroatoms. The zero-order valence-corrected chi connectivity index (χ0v) is 12.2. The van der Waals surface area contributed by atoms with E-state index in [0.29, 0.717) is 12.1 Å². The van der Waals surface area contributed by atoms with E-state index in [4.69, 9.17) is 0 Å². The maximum Gasteiger partial charge on any atom is 0.293 e. The summed E-state index contributed by atoms with van der Waals surface area (Å²) in [6, 6.07) is 6.02. The Balaban J connectivity index is 2.45. The van der Waals surface area contributed by atoms with Crippen LogP contribution in [0.15, 0.2) is 22.7 Å². The van der Waals surface area contributed by atoms with Crippen molar-refractivity contribution < 1.29 is 4.92 Å². The van der Waals surface area contributed by atoms with Gasteiger partial charge in [-0.3, -0.25) is 10.1 Å². The van der Waals surface area contributed by atoms with Gasteiger partial charge in [0, 0.05) is 22.6 Å². The van der Waals surface area contributed by atoms with Gasteiger partial charge in [-0.2, -0.15) is 0 Å². The Morgan fingerprint density at radius 3 is 2.50 bits per heavy atom. The van der Waals surface area contributed by atoms with Crippen molar-refractivity contribution >= 4 is 27.3 Å². The van der Waals surface area contributed by atoms with Crippen LogP contribution < -0.4 is 4.90 Å². The first-order valence-electron chi connectivity index (χ1n) is 6.23. The molecule has 1 heterocycles. The van der Waals surface area contributed by atoms with E-state index in [9.17, 15) is 10.1 Å². The van der Waals surface area contributed by atoms with Gasteiger partial charge in [0.2, 0.25) is 0 Å². The number of piperidine rings is 1. The molecule has 0 radical (unpaired) electrons. The standard InChI is InChI=1S/C13H17BrN2O2/c1-9-4-3-5-10(2)15(9)12-7-6-11(14)8-13(12)16(17)18/h6-10H,3-5H2,1-2H3/t9-,10+. The highest BCUT2D eigenvalue weighted by molar-refractivity contribution is 9.10. The lowest BCUT2D eigenvalue weighted by molar-refractivity contribution is -0.384. The summed E-state index contributed by atoms with van der Waals surface area (Å²) in [5, 5.41) is 11.2. The molecule has 4 nitrogen and oxygen atoms in total. The SMILES string of the molecule is C[C@@H]1CCC[C@H](C)N1c1ccc(Br)cc1[N+](=O)[O-]. The summed E-state index contributed by atoms with van der Waals surface area (Å²) in [7, 11) is 0. The zero-order valence-electron chi connectivity index (χ0n) is 10.6. The van der Waals surface area contributed by atoms with E-state index in [1.807, 2.05) is 12.1 Å². The van der Waals surface area contributed by atoms with Crippen molar-refractivity contribution in [2.45, 2.75) is 45.2 Å². The molecule has 1 aromatic rings. The minimum atomic E-state index is -0.297. The van der Waals surface area contributed by atoms with E-state index >= 15 is 0 Å². The molecule has 0 N–H and O–H groups in total. The average Bonchev–Trinajstić information content (AvgIpc) is 2.30. The molecule has 0 aromatic heterocycles. The Morgan fingerprint density at radius 1 is 1.33 bits per heavy atom. The summed E-state index contributed by atoms with van der Waals surface area (Å²) >= 11 is 3.30. The minimum absolute atomic E-state index is 0.185. The number of benzene rings is 1. The second kappa shape index (κ2) is 5.26. The second-order valence-corrected chi connectivity index (χ2v) is 5.84. The Bertz CT molecular complexity index is 454. The van der Waals surface area contributed by atoms with Crippen molar-refractivity contribution in [2.75, 3.05) is 4.90 Å². The van der Waals surface area contributed by atoms with E-state index in [1.165, 1.54) is 6.42 Å². The van der Waals surface area contributed by atoms with Crippen LogP contribution >= 0.6 is 15.9 Å². The van der Waals surface area contributed by atoms with E-state index in [-0.39, 0.29) is 10.6 Å². The highest BCUT2D eigenvalue weighted by Crippen LogP contribution is 2.37. The molecule has 0 bridgehead atoms. The predicted molar refractivity (Wildman–Crippen MR) is 76.1 cm³/mol. The molecule has 1 aliphatic rings. The van der Waals surface area contributed by atoms with Crippen LogP contribution in [-0.2, 0) is 0 Å². The number of halogens is 1.